The number of carbonyl (C=O) groups is 4. The Hall–Kier alpha value is -2.90. The van der Waals surface area contributed by atoms with Crippen LogP contribution in [0.15, 0.2) is 24.3 Å². The lowest BCUT2D eigenvalue weighted by Crippen LogP contribution is -2.47. The van der Waals surface area contributed by atoms with Crippen molar-refractivity contribution >= 4 is 29.4 Å². The molecule has 23 heavy (non-hydrogen) atoms. The monoisotopic (exact) mass is 319 g/mol. The molecule has 1 heterocycles. The lowest BCUT2D eigenvalue weighted by molar-refractivity contribution is -0.144. The van der Waals surface area contributed by atoms with E-state index in [1.54, 1.807) is 24.3 Å². The molecule has 3 N–H and O–H groups in total. The van der Waals surface area contributed by atoms with Gasteiger partial charge in [0.15, 0.2) is 0 Å². The van der Waals surface area contributed by atoms with E-state index in [4.69, 9.17) is 0 Å². The zero-order valence-corrected chi connectivity index (χ0v) is 12.7. The Morgan fingerprint density at radius 1 is 1.30 bits per heavy atom. The number of methoxy groups -OCH3 is 1. The van der Waals surface area contributed by atoms with Gasteiger partial charge in [-0.2, -0.15) is 0 Å². The first kappa shape index (κ1) is 16.5. The molecule has 0 saturated heterocycles. The fraction of sp³-hybridized carbons (Fsp3) is 0.333. The molecule has 8 heteroatoms. The highest BCUT2D eigenvalue weighted by atomic mass is 16.5. The summed E-state index contributed by atoms with van der Waals surface area (Å²) in [5, 5.41) is 7.52. The SMILES string of the molecule is COC(=O)[C@H](C)NC(=O)C[C@@H]1NC(=O)c2ccccc2NC1=O. The van der Waals surface area contributed by atoms with Crippen LogP contribution in [-0.4, -0.2) is 42.9 Å². The first-order valence-corrected chi connectivity index (χ1v) is 7.00. The molecular formula is C15H17N3O5. The van der Waals surface area contributed by atoms with E-state index in [2.05, 4.69) is 20.7 Å². The van der Waals surface area contributed by atoms with E-state index in [-0.39, 0.29) is 6.42 Å². The van der Waals surface area contributed by atoms with Crippen LogP contribution >= 0.6 is 0 Å². The van der Waals surface area contributed by atoms with Crippen molar-refractivity contribution in [2.45, 2.75) is 25.4 Å². The molecule has 8 nitrogen and oxygen atoms in total. The lowest BCUT2D eigenvalue weighted by atomic mass is 10.1. The molecule has 1 aliphatic rings. The summed E-state index contributed by atoms with van der Waals surface area (Å²) < 4.78 is 4.50. The molecule has 0 aromatic heterocycles. The molecule has 0 aliphatic carbocycles. The average molecular weight is 319 g/mol. The molecule has 0 saturated carbocycles. The number of esters is 1. The van der Waals surface area contributed by atoms with Gasteiger partial charge in [-0.3, -0.25) is 14.4 Å². The molecule has 1 aliphatic heterocycles. The van der Waals surface area contributed by atoms with Gasteiger partial charge in [-0.1, -0.05) is 12.1 Å². The van der Waals surface area contributed by atoms with Crippen molar-refractivity contribution in [3.05, 3.63) is 29.8 Å². The number of ether oxygens (including phenoxy) is 1. The smallest absolute Gasteiger partial charge is 0.328 e. The summed E-state index contributed by atoms with van der Waals surface area (Å²) in [7, 11) is 1.21. The number of fused-ring (bicyclic) bond motifs is 1. The van der Waals surface area contributed by atoms with Gasteiger partial charge in [0.1, 0.15) is 12.1 Å². The second kappa shape index (κ2) is 6.91. The van der Waals surface area contributed by atoms with Gasteiger partial charge >= 0.3 is 5.97 Å². The van der Waals surface area contributed by atoms with Gasteiger partial charge in [-0.05, 0) is 19.1 Å². The van der Waals surface area contributed by atoms with E-state index < -0.39 is 35.8 Å². The minimum Gasteiger partial charge on any atom is -0.467 e. The molecule has 0 fully saturated rings. The highest BCUT2D eigenvalue weighted by Gasteiger charge is 2.30. The Kier molecular flexibility index (Phi) is 4.95. The first-order valence-electron chi connectivity index (χ1n) is 7.00. The number of hydrogen-bond donors (Lipinski definition) is 3. The van der Waals surface area contributed by atoms with Crippen molar-refractivity contribution in [3.8, 4) is 0 Å². The van der Waals surface area contributed by atoms with Crippen molar-refractivity contribution in [2.75, 3.05) is 12.4 Å². The van der Waals surface area contributed by atoms with Crippen LogP contribution in [0.5, 0.6) is 0 Å². The summed E-state index contributed by atoms with van der Waals surface area (Å²) in [5.74, 6) is -2.09. The molecule has 3 amide bonds. The molecule has 0 radical (unpaired) electrons. The number of amides is 3. The molecule has 0 unspecified atom stereocenters. The summed E-state index contributed by atoms with van der Waals surface area (Å²) in [4.78, 5) is 47.4. The summed E-state index contributed by atoms with van der Waals surface area (Å²) in [6.07, 6.45) is -0.285. The second-order valence-corrected chi connectivity index (χ2v) is 5.08. The topological polar surface area (TPSA) is 114 Å². The van der Waals surface area contributed by atoms with E-state index in [1.807, 2.05) is 0 Å². The third kappa shape index (κ3) is 3.85. The van der Waals surface area contributed by atoms with Gasteiger partial charge in [-0.25, -0.2) is 4.79 Å². The van der Waals surface area contributed by atoms with Crippen LogP contribution in [0.4, 0.5) is 5.69 Å². The fourth-order valence-electron chi connectivity index (χ4n) is 2.18. The van der Waals surface area contributed by atoms with Gasteiger partial charge in [0.25, 0.3) is 5.91 Å². The predicted molar refractivity (Wildman–Crippen MR) is 80.6 cm³/mol. The number of para-hydroxylation sites is 1. The van der Waals surface area contributed by atoms with Crippen LogP contribution in [0.25, 0.3) is 0 Å². The van der Waals surface area contributed by atoms with Crippen molar-refractivity contribution in [2.24, 2.45) is 0 Å². The van der Waals surface area contributed by atoms with Gasteiger partial charge in [-0.15, -0.1) is 0 Å². The van der Waals surface area contributed by atoms with Crippen LogP contribution in [0.3, 0.4) is 0 Å². The molecule has 122 valence electrons. The highest BCUT2D eigenvalue weighted by Crippen LogP contribution is 2.18. The second-order valence-electron chi connectivity index (χ2n) is 5.08. The molecular weight excluding hydrogens is 302 g/mol. The Morgan fingerprint density at radius 2 is 2.00 bits per heavy atom. The molecule has 0 bridgehead atoms. The van der Waals surface area contributed by atoms with Crippen LogP contribution in [0.1, 0.15) is 23.7 Å². The Labute approximate surface area is 132 Å². The Bertz CT molecular complexity index is 658. The zero-order chi connectivity index (χ0) is 17.0. The molecule has 0 spiro atoms. The number of benzene rings is 1. The summed E-state index contributed by atoms with van der Waals surface area (Å²) in [6, 6.07) is 4.68. The van der Waals surface area contributed by atoms with Crippen LogP contribution < -0.4 is 16.0 Å². The number of anilines is 1. The minimum atomic E-state index is -1.03. The maximum absolute atomic E-state index is 12.1. The van der Waals surface area contributed by atoms with Crippen LogP contribution in [0, 0.1) is 0 Å². The van der Waals surface area contributed by atoms with Gasteiger partial charge < -0.3 is 20.7 Å². The Balaban J connectivity index is 2.04. The first-order chi connectivity index (χ1) is 10.9. The lowest BCUT2D eigenvalue weighted by Gasteiger charge is -2.16. The van der Waals surface area contributed by atoms with Crippen LogP contribution in [0.2, 0.25) is 0 Å². The molecule has 1 aromatic carbocycles. The zero-order valence-electron chi connectivity index (χ0n) is 12.7. The third-order valence-electron chi connectivity index (χ3n) is 3.37. The summed E-state index contributed by atoms with van der Waals surface area (Å²) in [6.45, 7) is 1.46. The normalized spacial score (nSPS) is 17.9. The quantitative estimate of drug-likeness (QED) is 0.665. The van der Waals surface area contributed by atoms with Gasteiger partial charge in [0, 0.05) is 0 Å². The van der Waals surface area contributed by atoms with Crippen molar-refractivity contribution in [3.63, 3.8) is 0 Å². The van der Waals surface area contributed by atoms with Crippen LogP contribution in [-0.2, 0) is 19.1 Å². The van der Waals surface area contributed by atoms with Crippen molar-refractivity contribution < 1.29 is 23.9 Å². The third-order valence-corrected chi connectivity index (χ3v) is 3.37. The molecule has 2 atom stereocenters. The fourth-order valence-corrected chi connectivity index (χ4v) is 2.18. The number of rotatable bonds is 4. The largest absolute Gasteiger partial charge is 0.467 e. The Morgan fingerprint density at radius 3 is 2.70 bits per heavy atom. The van der Waals surface area contributed by atoms with Gasteiger partial charge in [0.2, 0.25) is 11.8 Å². The van der Waals surface area contributed by atoms with E-state index in [9.17, 15) is 19.2 Å². The van der Waals surface area contributed by atoms with E-state index in [0.717, 1.165) is 0 Å². The maximum Gasteiger partial charge on any atom is 0.328 e. The maximum atomic E-state index is 12.1. The van der Waals surface area contributed by atoms with Gasteiger partial charge in [0.05, 0.1) is 24.8 Å². The predicted octanol–water partition coefficient (Wildman–Crippen LogP) is -0.195. The van der Waals surface area contributed by atoms with Crippen molar-refractivity contribution in [1.29, 1.82) is 0 Å². The standard InChI is InChI=1S/C15H17N3O5/c1-8(15(22)23-2)16-12(19)7-11-14(21)17-10-6-4-3-5-9(10)13(20)18-11/h3-6,8,11H,7H2,1-2H3,(H,16,19)(H,17,21)(H,18,20)/t8-,11-/m0/s1. The molecule has 2 rings (SSSR count). The summed E-state index contributed by atoms with van der Waals surface area (Å²) in [5.41, 5.74) is 0.715. The highest BCUT2D eigenvalue weighted by molar-refractivity contribution is 6.10. The number of nitrogens with one attached hydrogen (secondary N) is 3. The average Bonchev–Trinajstić information content (AvgIpc) is 2.64. The minimum absolute atomic E-state index is 0.285. The number of hydrogen-bond acceptors (Lipinski definition) is 5. The van der Waals surface area contributed by atoms with E-state index in [0.29, 0.717) is 11.3 Å². The number of carbonyl (C=O) groups excluding carboxylic acids is 4. The van der Waals surface area contributed by atoms with E-state index >= 15 is 0 Å². The molecule has 1 aromatic rings. The summed E-state index contributed by atoms with van der Waals surface area (Å²) >= 11 is 0. The van der Waals surface area contributed by atoms with E-state index in [1.165, 1.54) is 14.0 Å². The van der Waals surface area contributed by atoms with Crippen molar-refractivity contribution in [1.82, 2.24) is 10.6 Å².